The maximum Gasteiger partial charge on any atom is 0.156 e. The Morgan fingerprint density at radius 2 is 1.88 bits per heavy atom. The minimum absolute atomic E-state index is 0.0623. The standard InChI is InChI=1S/C14H24N2O/c1-13(2)10-4-5-14(13,3)12(17)11(10)16-8-6-15-7-9-16/h10-11,15H,4-9H2,1-3H3. The zero-order chi connectivity index (χ0) is 12.3. The van der Waals surface area contributed by atoms with Crippen molar-refractivity contribution >= 4 is 5.78 Å². The van der Waals surface area contributed by atoms with Gasteiger partial charge < -0.3 is 5.32 Å². The smallest absolute Gasteiger partial charge is 0.156 e. The molecule has 3 fully saturated rings. The van der Waals surface area contributed by atoms with Gasteiger partial charge in [-0.25, -0.2) is 0 Å². The SMILES string of the molecule is CC12CCC(C(N3CCNCC3)C1=O)C2(C)C. The Balaban J connectivity index is 1.90. The molecule has 0 amide bonds. The maximum absolute atomic E-state index is 12.7. The van der Waals surface area contributed by atoms with Gasteiger partial charge >= 0.3 is 0 Å². The first-order valence-corrected chi connectivity index (χ1v) is 6.97. The van der Waals surface area contributed by atoms with Crippen LogP contribution in [0.25, 0.3) is 0 Å². The predicted molar refractivity (Wildman–Crippen MR) is 67.8 cm³/mol. The number of rotatable bonds is 1. The molecule has 3 atom stereocenters. The molecule has 1 saturated heterocycles. The number of hydrogen-bond acceptors (Lipinski definition) is 3. The van der Waals surface area contributed by atoms with Crippen LogP contribution in [0, 0.1) is 16.7 Å². The summed E-state index contributed by atoms with van der Waals surface area (Å²) in [7, 11) is 0. The fourth-order valence-electron chi connectivity index (χ4n) is 4.42. The molecule has 2 saturated carbocycles. The van der Waals surface area contributed by atoms with Gasteiger partial charge in [-0.15, -0.1) is 0 Å². The molecule has 0 aromatic heterocycles. The number of nitrogens with one attached hydrogen (secondary N) is 1. The van der Waals surface area contributed by atoms with Gasteiger partial charge in [-0.3, -0.25) is 9.69 Å². The van der Waals surface area contributed by atoms with E-state index in [-0.39, 0.29) is 16.9 Å². The number of nitrogens with zero attached hydrogens (tertiary/aromatic N) is 1. The molecule has 1 N–H and O–H groups in total. The monoisotopic (exact) mass is 236 g/mol. The highest BCUT2D eigenvalue weighted by atomic mass is 16.1. The summed E-state index contributed by atoms with van der Waals surface area (Å²) in [6.45, 7) is 11.0. The summed E-state index contributed by atoms with van der Waals surface area (Å²) in [6, 6.07) is 0.214. The zero-order valence-corrected chi connectivity index (χ0v) is 11.3. The number of ketones is 1. The second-order valence-corrected chi connectivity index (χ2v) is 6.79. The quantitative estimate of drug-likeness (QED) is 0.744. The van der Waals surface area contributed by atoms with Crippen LogP contribution in [0.5, 0.6) is 0 Å². The number of piperazine rings is 1. The van der Waals surface area contributed by atoms with Crippen LogP contribution < -0.4 is 5.32 Å². The fraction of sp³-hybridized carbons (Fsp3) is 0.929. The summed E-state index contributed by atoms with van der Waals surface area (Å²) >= 11 is 0. The van der Waals surface area contributed by atoms with Crippen LogP contribution in [-0.4, -0.2) is 42.9 Å². The molecule has 1 aliphatic heterocycles. The van der Waals surface area contributed by atoms with Gasteiger partial charge in [0.15, 0.2) is 5.78 Å². The first-order valence-electron chi connectivity index (χ1n) is 6.97. The van der Waals surface area contributed by atoms with Crippen molar-refractivity contribution in [3.63, 3.8) is 0 Å². The van der Waals surface area contributed by atoms with E-state index >= 15 is 0 Å². The number of carbonyl (C=O) groups excluding carboxylic acids is 1. The van der Waals surface area contributed by atoms with Crippen molar-refractivity contribution in [3.8, 4) is 0 Å². The van der Waals surface area contributed by atoms with E-state index in [2.05, 4.69) is 31.0 Å². The van der Waals surface area contributed by atoms with Gasteiger partial charge in [-0.2, -0.15) is 0 Å². The predicted octanol–water partition coefficient (Wildman–Crippen LogP) is 1.29. The minimum Gasteiger partial charge on any atom is -0.314 e. The van der Waals surface area contributed by atoms with Crippen molar-refractivity contribution in [1.29, 1.82) is 0 Å². The summed E-state index contributed by atoms with van der Waals surface area (Å²) in [6.07, 6.45) is 2.34. The number of Topliss-reactive ketones (excluding diaryl/α,β-unsaturated/α-hetero) is 1. The minimum atomic E-state index is -0.0623. The molecule has 3 rings (SSSR count). The van der Waals surface area contributed by atoms with Crippen LogP contribution in [0.2, 0.25) is 0 Å². The highest BCUT2D eigenvalue weighted by Crippen LogP contribution is 2.64. The molecule has 0 radical (unpaired) electrons. The molecule has 2 aliphatic carbocycles. The van der Waals surface area contributed by atoms with Crippen LogP contribution >= 0.6 is 0 Å². The molecular weight excluding hydrogens is 212 g/mol. The first-order chi connectivity index (χ1) is 7.98. The van der Waals surface area contributed by atoms with Gasteiger partial charge in [0.25, 0.3) is 0 Å². The molecule has 2 bridgehead atoms. The van der Waals surface area contributed by atoms with Gasteiger partial charge in [-0.05, 0) is 24.2 Å². The third-order valence-corrected chi connectivity index (χ3v) is 6.04. The normalized spacial score (nSPS) is 45.5. The second-order valence-electron chi connectivity index (χ2n) is 6.79. The summed E-state index contributed by atoms with van der Waals surface area (Å²) in [4.78, 5) is 15.2. The molecular formula is C14H24N2O. The molecule has 3 aliphatic rings. The van der Waals surface area contributed by atoms with Crippen molar-refractivity contribution in [2.24, 2.45) is 16.7 Å². The second kappa shape index (κ2) is 3.55. The lowest BCUT2D eigenvalue weighted by molar-refractivity contribution is -0.133. The van der Waals surface area contributed by atoms with E-state index in [0.717, 1.165) is 32.6 Å². The molecule has 0 spiro atoms. The Morgan fingerprint density at radius 3 is 2.41 bits per heavy atom. The number of carbonyl (C=O) groups is 1. The summed E-state index contributed by atoms with van der Waals surface area (Å²) in [5.74, 6) is 1.11. The molecule has 3 nitrogen and oxygen atoms in total. The van der Waals surface area contributed by atoms with Crippen LogP contribution in [-0.2, 0) is 4.79 Å². The van der Waals surface area contributed by atoms with E-state index < -0.39 is 0 Å². The maximum atomic E-state index is 12.7. The Bertz CT molecular complexity index is 346. The third-order valence-electron chi connectivity index (χ3n) is 6.04. The number of fused-ring (bicyclic) bond motifs is 2. The van der Waals surface area contributed by atoms with E-state index in [1.165, 1.54) is 6.42 Å². The highest BCUT2D eigenvalue weighted by Gasteiger charge is 2.67. The van der Waals surface area contributed by atoms with Gasteiger partial charge in [-0.1, -0.05) is 20.8 Å². The van der Waals surface area contributed by atoms with Gasteiger partial charge in [0.05, 0.1) is 6.04 Å². The van der Waals surface area contributed by atoms with Crippen molar-refractivity contribution in [2.75, 3.05) is 26.2 Å². The molecule has 17 heavy (non-hydrogen) atoms. The van der Waals surface area contributed by atoms with Gasteiger partial charge in [0.1, 0.15) is 0 Å². The lowest BCUT2D eigenvalue weighted by atomic mass is 9.70. The van der Waals surface area contributed by atoms with Crippen LogP contribution in [0.15, 0.2) is 0 Å². The van der Waals surface area contributed by atoms with E-state index in [9.17, 15) is 4.79 Å². The molecule has 1 heterocycles. The van der Waals surface area contributed by atoms with E-state index in [1.54, 1.807) is 0 Å². The van der Waals surface area contributed by atoms with Crippen LogP contribution in [0.1, 0.15) is 33.6 Å². The Morgan fingerprint density at radius 1 is 1.24 bits per heavy atom. The van der Waals surface area contributed by atoms with Gasteiger partial charge in [0, 0.05) is 31.6 Å². The topological polar surface area (TPSA) is 32.3 Å². The van der Waals surface area contributed by atoms with Crippen LogP contribution in [0.3, 0.4) is 0 Å². The largest absolute Gasteiger partial charge is 0.314 e. The van der Waals surface area contributed by atoms with E-state index in [1.807, 2.05) is 0 Å². The molecule has 3 heteroatoms. The first kappa shape index (κ1) is 11.7. The average Bonchev–Trinajstić information content (AvgIpc) is 2.62. The van der Waals surface area contributed by atoms with Gasteiger partial charge in [0.2, 0.25) is 0 Å². The Hall–Kier alpha value is -0.410. The van der Waals surface area contributed by atoms with Crippen LogP contribution in [0.4, 0.5) is 0 Å². The fourth-order valence-corrected chi connectivity index (χ4v) is 4.42. The van der Waals surface area contributed by atoms with Crippen molar-refractivity contribution in [3.05, 3.63) is 0 Å². The average molecular weight is 236 g/mol. The molecule has 0 aromatic rings. The van der Waals surface area contributed by atoms with E-state index in [0.29, 0.717) is 11.7 Å². The lowest BCUT2D eigenvalue weighted by Gasteiger charge is -2.37. The summed E-state index contributed by atoms with van der Waals surface area (Å²) < 4.78 is 0. The van der Waals surface area contributed by atoms with Crippen molar-refractivity contribution in [2.45, 2.75) is 39.7 Å². The number of hydrogen-bond donors (Lipinski definition) is 1. The lowest BCUT2D eigenvalue weighted by Crippen LogP contribution is -2.54. The third kappa shape index (κ3) is 1.33. The zero-order valence-electron chi connectivity index (χ0n) is 11.3. The Kier molecular flexibility index (Phi) is 2.43. The highest BCUT2D eigenvalue weighted by molar-refractivity contribution is 5.94. The van der Waals surface area contributed by atoms with E-state index in [4.69, 9.17) is 0 Å². The van der Waals surface area contributed by atoms with Crippen molar-refractivity contribution < 1.29 is 4.79 Å². The summed E-state index contributed by atoms with van der Waals surface area (Å²) in [5, 5.41) is 3.37. The summed E-state index contributed by atoms with van der Waals surface area (Å²) in [5.41, 5.74) is 0.132. The molecule has 0 aromatic carbocycles. The molecule has 96 valence electrons. The van der Waals surface area contributed by atoms with Crippen molar-refractivity contribution in [1.82, 2.24) is 10.2 Å². The molecule has 3 unspecified atom stereocenters. The Labute approximate surface area is 104 Å².